The lowest BCUT2D eigenvalue weighted by Gasteiger charge is -2.25. The zero-order chi connectivity index (χ0) is 20.9. The van der Waals surface area contributed by atoms with Gasteiger partial charge in [0.1, 0.15) is 11.4 Å². The Morgan fingerprint density at radius 3 is 2.32 bits per heavy atom. The van der Waals surface area contributed by atoms with E-state index in [1.807, 2.05) is 43.3 Å². The summed E-state index contributed by atoms with van der Waals surface area (Å²) in [6, 6.07) is 11.3. The fraction of sp³-hybridized carbons (Fsp3) is 0.333. The minimum absolute atomic E-state index is 0.0637. The fourth-order valence-corrected chi connectivity index (χ4v) is 3.48. The fourth-order valence-electron chi connectivity index (χ4n) is 2.73. The molecule has 0 saturated carbocycles. The smallest absolute Gasteiger partial charge is 0.293 e. The molecule has 0 amide bonds. The number of benzene rings is 2. The van der Waals surface area contributed by atoms with E-state index in [1.54, 1.807) is 7.11 Å². The van der Waals surface area contributed by atoms with Gasteiger partial charge in [-0.3, -0.25) is 10.1 Å². The third-order valence-electron chi connectivity index (χ3n) is 4.35. The molecule has 0 aromatic heterocycles. The zero-order valence-electron chi connectivity index (χ0n) is 16.2. The number of hydrogen-bond acceptors (Lipinski definition) is 7. The largest absolute Gasteiger partial charge is 0.497 e. The van der Waals surface area contributed by atoms with E-state index >= 15 is 0 Å². The molecule has 1 atom stereocenters. The first-order valence-electron chi connectivity index (χ1n) is 8.46. The van der Waals surface area contributed by atoms with Gasteiger partial charge in [-0.15, -0.1) is 0 Å². The summed E-state index contributed by atoms with van der Waals surface area (Å²) >= 11 is 0. The van der Waals surface area contributed by atoms with Crippen LogP contribution in [-0.2, 0) is 10.0 Å². The quantitative estimate of drug-likeness (QED) is 0.483. The van der Waals surface area contributed by atoms with Crippen molar-refractivity contribution in [3.05, 3.63) is 58.1 Å². The third kappa shape index (κ3) is 4.97. The molecule has 0 spiro atoms. The molecule has 152 valence electrons. The van der Waals surface area contributed by atoms with Crippen LogP contribution in [0.3, 0.4) is 0 Å². The van der Waals surface area contributed by atoms with Crippen molar-refractivity contribution < 1.29 is 18.1 Å². The monoisotopic (exact) mass is 408 g/mol. The topological polar surface area (TPSA) is 114 Å². The van der Waals surface area contributed by atoms with Gasteiger partial charge in [-0.2, -0.15) is 0 Å². The number of nitrogens with zero attached hydrogens (tertiary/aromatic N) is 2. The van der Waals surface area contributed by atoms with Crippen LogP contribution in [0.4, 0.5) is 11.4 Å². The highest BCUT2D eigenvalue weighted by molar-refractivity contribution is 7.89. The Hall–Kier alpha value is -2.69. The summed E-state index contributed by atoms with van der Waals surface area (Å²) in [7, 11) is 2.90. The molecule has 0 unspecified atom stereocenters. The number of anilines is 1. The van der Waals surface area contributed by atoms with Crippen molar-refractivity contribution in [2.75, 3.05) is 40.1 Å². The maximum absolute atomic E-state index is 11.9. The van der Waals surface area contributed by atoms with E-state index in [-0.39, 0.29) is 22.3 Å². The van der Waals surface area contributed by atoms with E-state index < -0.39 is 14.9 Å². The molecule has 28 heavy (non-hydrogen) atoms. The maximum Gasteiger partial charge on any atom is 0.293 e. The summed E-state index contributed by atoms with van der Waals surface area (Å²) in [4.78, 5) is 12.7. The highest BCUT2D eigenvalue weighted by atomic mass is 32.2. The Morgan fingerprint density at radius 1 is 1.18 bits per heavy atom. The molecule has 0 radical (unpaired) electrons. The lowest BCUT2D eigenvalue weighted by Crippen LogP contribution is -2.27. The van der Waals surface area contributed by atoms with Crippen molar-refractivity contribution in [2.24, 2.45) is 0 Å². The van der Waals surface area contributed by atoms with Crippen LogP contribution >= 0.6 is 0 Å². The molecule has 0 bridgehead atoms. The van der Waals surface area contributed by atoms with Gasteiger partial charge in [0.2, 0.25) is 10.0 Å². The van der Waals surface area contributed by atoms with E-state index in [0.717, 1.165) is 17.4 Å². The minimum Gasteiger partial charge on any atom is -0.497 e. The molecule has 0 fully saturated rings. The average molecular weight is 408 g/mol. The minimum atomic E-state index is -3.77. The average Bonchev–Trinajstić information content (AvgIpc) is 2.68. The zero-order valence-corrected chi connectivity index (χ0v) is 17.0. The first-order chi connectivity index (χ1) is 13.2. The third-order valence-corrected chi connectivity index (χ3v) is 5.77. The van der Waals surface area contributed by atoms with E-state index in [2.05, 4.69) is 10.0 Å². The number of nitro benzene ring substituents is 1. The van der Waals surface area contributed by atoms with Gasteiger partial charge >= 0.3 is 0 Å². The molecule has 9 nitrogen and oxygen atoms in total. The van der Waals surface area contributed by atoms with Crippen LogP contribution in [0.15, 0.2) is 47.4 Å². The highest BCUT2D eigenvalue weighted by Crippen LogP contribution is 2.29. The lowest BCUT2D eigenvalue weighted by molar-refractivity contribution is -0.384. The number of ether oxygens (including phenoxy) is 1. The van der Waals surface area contributed by atoms with Gasteiger partial charge in [-0.1, -0.05) is 12.1 Å². The molecule has 10 heteroatoms. The van der Waals surface area contributed by atoms with Gasteiger partial charge in [0.25, 0.3) is 5.69 Å². The van der Waals surface area contributed by atoms with Crippen LogP contribution in [0.25, 0.3) is 0 Å². The number of sulfonamides is 1. The normalized spacial score (nSPS) is 12.6. The molecule has 0 saturated heterocycles. The number of methoxy groups -OCH3 is 1. The van der Waals surface area contributed by atoms with Gasteiger partial charge in [0.15, 0.2) is 0 Å². The van der Waals surface area contributed by atoms with Gasteiger partial charge in [-0.25, -0.2) is 13.1 Å². The predicted octanol–water partition coefficient (Wildman–Crippen LogP) is 2.23. The molecule has 2 N–H and O–H groups in total. The molecule has 2 rings (SSSR count). The lowest BCUT2D eigenvalue weighted by atomic mass is 10.1. The van der Waals surface area contributed by atoms with Gasteiger partial charge in [0, 0.05) is 12.6 Å². The van der Waals surface area contributed by atoms with Gasteiger partial charge < -0.3 is 15.0 Å². The van der Waals surface area contributed by atoms with E-state index in [0.29, 0.717) is 6.54 Å². The van der Waals surface area contributed by atoms with Crippen molar-refractivity contribution >= 4 is 21.4 Å². The Bertz CT molecular complexity index is 929. The number of hydrogen-bond donors (Lipinski definition) is 2. The van der Waals surface area contributed by atoms with Crippen molar-refractivity contribution in [2.45, 2.75) is 10.9 Å². The van der Waals surface area contributed by atoms with Crippen LogP contribution in [-0.4, -0.2) is 53.0 Å². The predicted molar refractivity (Wildman–Crippen MR) is 107 cm³/mol. The van der Waals surface area contributed by atoms with Crippen molar-refractivity contribution in [3.8, 4) is 5.75 Å². The molecule has 0 aliphatic heterocycles. The SMILES string of the molecule is CNS(=O)(=O)c1ccc(NC[C@H](c2ccc(OC)cc2)N(C)C)c([N+](=O)[O-])c1. The second-order valence-corrected chi connectivity index (χ2v) is 8.16. The van der Waals surface area contributed by atoms with Crippen LogP contribution in [0.5, 0.6) is 5.75 Å². The van der Waals surface area contributed by atoms with Gasteiger partial charge in [-0.05, 0) is 51.0 Å². The maximum atomic E-state index is 11.9. The van der Waals surface area contributed by atoms with Crippen molar-refractivity contribution in [3.63, 3.8) is 0 Å². The first kappa shape index (κ1) is 21.6. The number of rotatable bonds is 9. The Kier molecular flexibility index (Phi) is 6.95. The van der Waals surface area contributed by atoms with Crippen molar-refractivity contribution in [1.29, 1.82) is 0 Å². The Morgan fingerprint density at radius 2 is 1.82 bits per heavy atom. The number of likely N-dealkylation sites (N-methyl/N-ethyl adjacent to an activating group) is 1. The molecule has 0 aliphatic rings. The summed E-state index contributed by atoms with van der Waals surface area (Å²) in [6.45, 7) is 0.387. The van der Waals surface area contributed by atoms with E-state index in [9.17, 15) is 18.5 Å². The standard InChI is InChI=1S/C18H24N4O5S/c1-19-28(25,26)15-9-10-16(17(11-15)22(23)24)20-12-18(21(2)3)13-5-7-14(27-4)8-6-13/h5-11,18-20H,12H2,1-4H3/t18-/m1/s1. The summed E-state index contributed by atoms with van der Waals surface area (Å²) in [5, 5.41) is 14.5. The molecular formula is C18H24N4O5S. The van der Waals surface area contributed by atoms with Crippen LogP contribution < -0.4 is 14.8 Å². The van der Waals surface area contributed by atoms with Crippen molar-refractivity contribution in [1.82, 2.24) is 9.62 Å². The van der Waals surface area contributed by atoms with E-state index in [1.165, 1.54) is 19.2 Å². The van der Waals surface area contributed by atoms with Gasteiger partial charge in [0.05, 0.1) is 23.0 Å². The summed E-state index contributed by atoms with van der Waals surface area (Å²) in [5.41, 5.74) is 0.958. The molecular weight excluding hydrogens is 384 g/mol. The molecule has 0 heterocycles. The second kappa shape index (κ2) is 9.00. The summed E-state index contributed by atoms with van der Waals surface area (Å²) in [5.74, 6) is 0.742. The molecule has 0 aliphatic carbocycles. The number of nitro groups is 1. The summed E-state index contributed by atoms with van der Waals surface area (Å²) < 4.78 is 31.1. The van der Waals surface area contributed by atoms with Crippen LogP contribution in [0.2, 0.25) is 0 Å². The van der Waals surface area contributed by atoms with Crippen LogP contribution in [0.1, 0.15) is 11.6 Å². The van der Waals surface area contributed by atoms with Crippen LogP contribution in [0, 0.1) is 10.1 Å². The Labute approximate surface area is 164 Å². The summed E-state index contributed by atoms with van der Waals surface area (Å²) in [6.07, 6.45) is 0. The second-order valence-electron chi connectivity index (χ2n) is 6.28. The molecule has 2 aromatic carbocycles. The molecule has 2 aromatic rings. The highest BCUT2D eigenvalue weighted by Gasteiger charge is 2.22. The Balaban J connectivity index is 2.28. The first-order valence-corrected chi connectivity index (χ1v) is 9.94. The number of nitrogens with one attached hydrogen (secondary N) is 2. The van der Waals surface area contributed by atoms with E-state index in [4.69, 9.17) is 4.74 Å².